The maximum atomic E-state index is 5.26. The molecule has 0 bridgehead atoms. The number of rotatable bonds is 7. The molecule has 124 valence electrons. The maximum absolute atomic E-state index is 5.26. The van der Waals surface area contributed by atoms with Crippen molar-refractivity contribution in [1.29, 1.82) is 0 Å². The zero-order valence-corrected chi connectivity index (χ0v) is 14.0. The van der Waals surface area contributed by atoms with Gasteiger partial charge in [-0.3, -0.25) is 4.99 Å². The normalized spacial score (nSPS) is 16.7. The van der Waals surface area contributed by atoms with E-state index in [1.165, 1.54) is 44.9 Å². The van der Waals surface area contributed by atoms with E-state index < -0.39 is 0 Å². The predicted octanol–water partition coefficient (Wildman–Crippen LogP) is 3.26. The van der Waals surface area contributed by atoms with E-state index in [1.807, 2.05) is 6.07 Å². The summed E-state index contributed by atoms with van der Waals surface area (Å²) in [6, 6.07) is 1.99. The lowest BCUT2D eigenvalue weighted by Gasteiger charge is -2.21. The van der Waals surface area contributed by atoms with Crippen LogP contribution in [0.25, 0.3) is 0 Å². The number of hydrogen-bond acceptors (Lipinski definition) is 3. The third-order valence-corrected chi connectivity index (χ3v) is 4.43. The van der Waals surface area contributed by atoms with Crippen molar-refractivity contribution in [2.75, 3.05) is 13.6 Å². The Morgan fingerprint density at radius 2 is 2.14 bits per heavy atom. The van der Waals surface area contributed by atoms with Gasteiger partial charge in [-0.15, -0.1) is 0 Å². The fourth-order valence-corrected chi connectivity index (χ4v) is 3.07. The van der Waals surface area contributed by atoms with Gasteiger partial charge in [0.15, 0.2) is 11.7 Å². The zero-order valence-electron chi connectivity index (χ0n) is 14.0. The van der Waals surface area contributed by atoms with Crippen molar-refractivity contribution in [3.05, 3.63) is 17.5 Å². The summed E-state index contributed by atoms with van der Waals surface area (Å²) < 4.78 is 5.26. The van der Waals surface area contributed by atoms with Crippen LogP contribution in [0.1, 0.15) is 63.3 Å². The van der Waals surface area contributed by atoms with Gasteiger partial charge in [0.25, 0.3) is 0 Å². The van der Waals surface area contributed by atoms with Gasteiger partial charge in [-0.1, -0.05) is 44.2 Å². The number of guanidine groups is 1. The van der Waals surface area contributed by atoms with Crippen LogP contribution >= 0.6 is 0 Å². The number of hydrogen-bond donors (Lipinski definition) is 2. The summed E-state index contributed by atoms with van der Waals surface area (Å²) in [6.07, 6.45) is 10.6. The lowest BCUT2D eigenvalue weighted by Crippen LogP contribution is -2.37. The molecule has 0 aromatic carbocycles. The predicted molar refractivity (Wildman–Crippen MR) is 89.9 cm³/mol. The Kier molecular flexibility index (Phi) is 7.26. The molecule has 1 aromatic rings. The summed E-state index contributed by atoms with van der Waals surface area (Å²) in [7, 11) is 1.80. The Morgan fingerprint density at radius 1 is 1.32 bits per heavy atom. The van der Waals surface area contributed by atoms with Gasteiger partial charge in [0.1, 0.15) is 0 Å². The number of aryl methyl sites for hydroxylation is 1. The first-order valence-corrected chi connectivity index (χ1v) is 8.70. The van der Waals surface area contributed by atoms with Gasteiger partial charge in [0, 0.05) is 19.7 Å². The summed E-state index contributed by atoms with van der Waals surface area (Å²) in [5.74, 6) is 2.63. The van der Waals surface area contributed by atoms with Crippen LogP contribution in [0.4, 0.5) is 0 Å². The molecule has 0 aliphatic heterocycles. The van der Waals surface area contributed by atoms with Crippen molar-refractivity contribution in [1.82, 2.24) is 15.8 Å². The van der Waals surface area contributed by atoms with E-state index in [-0.39, 0.29) is 0 Å². The molecule has 2 rings (SSSR count). The molecule has 1 saturated carbocycles. The van der Waals surface area contributed by atoms with E-state index in [1.54, 1.807) is 7.05 Å². The number of aromatic nitrogens is 1. The molecule has 1 fully saturated rings. The fourth-order valence-electron chi connectivity index (χ4n) is 3.07. The van der Waals surface area contributed by atoms with Crippen molar-refractivity contribution in [3.8, 4) is 0 Å². The van der Waals surface area contributed by atoms with Crippen LogP contribution in [-0.2, 0) is 13.0 Å². The van der Waals surface area contributed by atoms with E-state index in [9.17, 15) is 0 Å². The van der Waals surface area contributed by atoms with E-state index in [0.29, 0.717) is 6.54 Å². The Bertz CT molecular complexity index is 449. The van der Waals surface area contributed by atoms with E-state index in [0.717, 1.165) is 36.3 Å². The molecule has 0 amide bonds. The highest BCUT2D eigenvalue weighted by Gasteiger charge is 2.12. The second kappa shape index (κ2) is 9.49. The Hall–Kier alpha value is -1.52. The van der Waals surface area contributed by atoms with Crippen LogP contribution in [0.15, 0.2) is 15.6 Å². The van der Waals surface area contributed by atoms with Crippen molar-refractivity contribution < 1.29 is 4.52 Å². The van der Waals surface area contributed by atoms with Gasteiger partial charge in [-0.25, -0.2) is 0 Å². The highest BCUT2D eigenvalue weighted by molar-refractivity contribution is 5.79. The molecule has 0 saturated heterocycles. The van der Waals surface area contributed by atoms with Crippen molar-refractivity contribution in [3.63, 3.8) is 0 Å². The third kappa shape index (κ3) is 5.70. The molecule has 0 unspecified atom stereocenters. The van der Waals surface area contributed by atoms with E-state index in [4.69, 9.17) is 4.52 Å². The van der Waals surface area contributed by atoms with Gasteiger partial charge >= 0.3 is 0 Å². The highest BCUT2D eigenvalue weighted by atomic mass is 16.5. The van der Waals surface area contributed by atoms with Gasteiger partial charge < -0.3 is 15.2 Å². The van der Waals surface area contributed by atoms with Crippen LogP contribution < -0.4 is 10.6 Å². The van der Waals surface area contributed by atoms with Gasteiger partial charge in [0.05, 0.1) is 12.2 Å². The van der Waals surface area contributed by atoms with Gasteiger partial charge in [-0.2, -0.15) is 0 Å². The Morgan fingerprint density at radius 3 is 2.82 bits per heavy atom. The Labute approximate surface area is 133 Å². The summed E-state index contributed by atoms with van der Waals surface area (Å²) in [5, 5.41) is 10.6. The largest absolute Gasteiger partial charge is 0.359 e. The molecule has 2 N–H and O–H groups in total. The maximum Gasteiger partial charge on any atom is 0.191 e. The molecule has 1 heterocycles. The van der Waals surface area contributed by atoms with Crippen LogP contribution in [0, 0.1) is 5.92 Å². The smallest absolute Gasteiger partial charge is 0.191 e. The molecule has 0 spiro atoms. The number of nitrogens with zero attached hydrogens (tertiary/aromatic N) is 2. The second-order valence-corrected chi connectivity index (χ2v) is 6.14. The summed E-state index contributed by atoms with van der Waals surface area (Å²) in [4.78, 5) is 4.25. The first-order chi connectivity index (χ1) is 10.8. The first kappa shape index (κ1) is 16.8. The molecule has 1 aromatic heterocycles. The van der Waals surface area contributed by atoms with E-state index in [2.05, 4.69) is 27.7 Å². The summed E-state index contributed by atoms with van der Waals surface area (Å²) in [5.41, 5.74) is 0.993. The standard InChI is InChI=1S/C17H30N4O/c1-3-15-12-16(22-21-15)13-20-17(18-2)19-11-7-10-14-8-5-4-6-9-14/h12,14H,3-11,13H2,1-2H3,(H2,18,19,20). The topological polar surface area (TPSA) is 62.5 Å². The average Bonchev–Trinajstić information content (AvgIpc) is 3.03. The second-order valence-electron chi connectivity index (χ2n) is 6.14. The van der Waals surface area contributed by atoms with Crippen molar-refractivity contribution >= 4 is 5.96 Å². The van der Waals surface area contributed by atoms with Crippen LogP contribution in [0.3, 0.4) is 0 Å². The van der Waals surface area contributed by atoms with Crippen LogP contribution in [-0.4, -0.2) is 24.7 Å². The summed E-state index contributed by atoms with van der Waals surface area (Å²) in [6.45, 7) is 3.67. The number of nitrogens with one attached hydrogen (secondary N) is 2. The molecule has 5 heteroatoms. The molecule has 0 radical (unpaired) electrons. The molecule has 1 aliphatic carbocycles. The lowest BCUT2D eigenvalue weighted by atomic mass is 9.86. The molecular weight excluding hydrogens is 276 g/mol. The van der Waals surface area contributed by atoms with Crippen molar-refractivity contribution in [2.24, 2.45) is 10.9 Å². The monoisotopic (exact) mass is 306 g/mol. The fraction of sp³-hybridized carbons (Fsp3) is 0.765. The molecule has 0 atom stereocenters. The van der Waals surface area contributed by atoms with Gasteiger partial charge in [0.2, 0.25) is 0 Å². The quantitative estimate of drug-likeness (QED) is 0.461. The van der Waals surface area contributed by atoms with E-state index >= 15 is 0 Å². The van der Waals surface area contributed by atoms with Crippen LogP contribution in [0.2, 0.25) is 0 Å². The Balaban J connectivity index is 1.60. The minimum atomic E-state index is 0.620. The van der Waals surface area contributed by atoms with Crippen molar-refractivity contribution in [2.45, 2.75) is 64.8 Å². The van der Waals surface area contributed by atoms with Gasteiger partial charge in [-0.05, 0) is 25.2 Å². The number of aliphatic imine (C=N–C) groups is 1. The SMILES string of the molecule is CCc1cc(CNC(=NC)NCCCC2CCCCC2)on1. The van der Waals surface area contributed by atoms with Crippen LogP contribution in [0.5, 0.6) is 0 Å². The molecular formula is C17H30N4O. The molecule has 22 heavy (non-hydrogen) atoms. The molecule has 5 nitrogen and oxygen atoms in total. The zero-order chi connectivity index (χ0) is 15.6. The average molecular weight is 306 g/mol. The minimum Gasteiger partial charge on any atom is -0.359 e. The minimum absolute atomic E-state index is 0.620. The highest BCUT2D eigenvalue weighted by Crippen LogP contribution is 2.26. The summed E-state index contributed by atoms with van der Waals surface area (Å²) >= 11 is 0. The molecule has 1 aliphatic rings. The third-order valence-electron chi connectivity index (χ3n) is 4.43. The first-order valence-electron chi connectivity index (χ1n) is 8.70. The lowest BCUT2D eigenvalue weighted by molar-refractivity contribution is 0.332.